The molecule has 0 spiro atoms. The van der Waals surface area contributed by atoms with E-state index in [1.165, 1.54) is 0 Å². The normalized spacial score (nSPS) is 21.7. The first kappa shape index (κ1) is 15.4. The molecular weight excluding hydrogens is 228 g/mol. The molecule has 3 N–H and O–H groups in total. The number of nitrogens with one attached hydrogen (secondary N) is 2. The van der Waals surface area contributed by atoms with Gasteiger partial charge in [0, 0.05) is 24.0 Å². The minimum atomic E-state index is -0.348. The van der Waals surface area contributed by atoms with E-state index in [2.05, 4.69) is 10.6 Å². The second kappa shape index (κ2) is 6.02. The van der Waals surface area contributed by atoms with Crippen LogP contribution in [0.4, 0.5) is 0 Å². The van der Waals surface area contributed by atoms with Crippen LogP contribution in [0.1, 0.15) is 40.5 Å². The van der Waals surface area contributed by atoms with Gasteiger partial charge in [0.05, 0.1) is 0 Å². The smallest absolute Gasteiger partial charge is 0.226 e. The van der Waals surface area contributed by atoms with Crippen LogP contribution in [0.2, 0.25) is 0 Å². The first-order chi connectivity index (χ1) is 8.29. The van der Waals surface area contributed by atoms with Crippen molar-refractivity contribution in [3.63, 3.8) is 0 Å². The zero-order chi connectivity index (χ0) is 13.8. The molecule has 1 atom stereocenters. The van der Waals surface area contributed by atoms with E-state index >= 15 is 0 Å². The summed E-state index contributed by atoms with van der Waals surface area (Å²) < 4.78 is 0. The van der Waals surface area contributed by atoms with Gasteiger partial charge in [-0.1, -0.05) is 27.7 Å². The highest BCUT2D eigenvalue weighted by Crippen LogP contribution is 2.32. The average molecular weight is 256 g/mol. The lowest BCUT2D eigenvalue weighted by atomic mass is 9.74. The average Bonchev–Trinajstić information content (AvgIpc) is 2.37. The summed E-state index contributed by atoms with van der Waals surface area (Å²) >= 11 is 0. The third kappa shape index (κ3) is 3.95. The maximum Gasteiger partial charge on any atom is 0.226 e. The number of carbonyl (C=O) groups is 1. The maximum absolute atomic E-state index is 12.3. The number of aliphatic hydroxyl groups is 1. The van der Waals surface area contributed by atoms with Gasteiger partial charge in [-0.3, -0.25) is 4.79 Å². The molecule has 0 radical (unpaired) electrons. The van der Waals surface area contributed by atoms with Gasteiger partial charge in [0.1, 0.15) is 0 Å². The molecule has 1 aliphatic heterocycles. The molecule has 0 bridgehead atoms. The lowest BCUT2D eigenvalue weighted by Crippen LogP contribution is -2.49. The van der Waals surface area contributed by atoms with Gasteiger partial charge in [0.25, 0.3) is 0 Å². The van der Waals surface area contributed by atoms with Crippen LogP contribution in [0.15, 0.2) is 0 Å². The zero-order valence-corrected chi connectivity index (χ0v) is 12.2. The molecule has 1 heterocycles. The first-order valence-corrected chi connectivity index (χ1v) is 6.89. The fourth-order valence-electron chi connectivity index (χ4n) is 2.26. The van der Waals surface area contributed by atoms with Crippen LogP contribution in [-0.4, -0.2) is 37.3 Å². The van der Waals surface area contributed by atoms with Gasteiger partial charge >= 0.3 is 0 Å². The third-order valence-corrected chi connectivity index (χ3v) is 4.06. The Morgan fingerprint density at radius 1 is 1.39 bits per heavy atom. The number of hydrogen-bond donors (Lipinski definition) is 3. The Morgan fingerprint density at radius 2 is 2.06 bits per heavy atom. The minimum Gasteiger partial charge on any atom is -0.396 e. The summed E-state index contributed by atoms with van der Waals surface area (Å²) in [6.45, 7) is 10.5. The fourth-order valence-corrected chi connectivity index (χ4v) is 2.26. The molecule has 0 aliphatic carbocycles. The van der Waals surface area contributed by atoms with Gasteiger partial charge in [-0.2, -0.15) is 0 Å². The van der Waals surface area contributed by atoms with Crippen molar-refractivity contribution in [2.24, 2.45) is 16.7 Å². The van der Waals surface area contributed by atoms with Crippen LogP contribution in [0, 0.1) is 16.7 Å². The summed E-state index contributed by atoms with van der Waals surface area (Å²) in [6, 6.07) is 0. The molecule has 1 saturated heterocycles. The molecule has 0 aromatic rings. The summed E-state index contributed by atoms with van der Waals surface area (Å²) in [7, 11) is 0. The van der Waals surface area contributed by atoms with Gasteiger partial charge < -0.3 is 15.7 Å². The topological polar surface area (TPSA) is 61.4 Å². The number of rotatable bonds is 5. The van der Waals surface area contributed by atoms with Crippen LogP contribution in [-0.2, 0) is 4.79 Å². The van der Waals surface area contributed by atoms with E-state index in [-0.39, 0.29) is 23.3 Å². The van der Waals surface area contributed by atoms with E-state index in [0.717, 1.165) is 25.9 Å². The number of amides is 1. The number of aliphatic hydroxyl groups excluding tert-OH is 1. The standard InChI is InChI=1S/C14H28N2O2/c1-13(2,10-17)9-16-12(18)14(3,4)11-6-5-7-15-8-11/h11,15,17H,5-10H2,1-4H3,(H,16,18). The Bertz CT molecular complexity index is 282. The summed E-state index contributed by atoms with van der Waals surface area (Å²) in [5.41, 5.74) is -0.602. The largest absolute Gasteiger partial charge is 0.396 e. The molecule has 1 unspecified atom stereocenters. The van der Waals surface area contributed by atoms with Gasteiger partial charge in [0.2, 0.25) is 5.91 Å². The zero-order valence-electron chi connectivity index (χ0n) is 12.2. The molecule has 0 saturated carbocycles. The van der Waals surface area contributed by atoms with E-state index in [0.29, 0.717) is 12.5 Å². The Labute approximate surface area is 111 Å². The van der Waals surface area contributed by atoms with Gasteiger partial charge in [-0.15, -0.1) is 0 Å². The van der Waals surface area contributed by atoms with Gasteiger partial charge in [-0.05, 0) is 31.8 Å². The van der Waals surface area contributed by atoms with Crippen LogP contribution < -0.4 is 10.6 Å². The van der Waals surface area contributed by atoms with Crippen LogP contribution >= 0.6 is 0 Å². The first-order valence-electron chi connectivity index (χ1n) is 6.89. The quantitative estimate of drug-likeness (QED) is 0.691. The summed E-state index contributed by atoms with van der Waals surface area (Å²) in [5.74, 6) is 0.487. The summed E-state index contributed by atoms with van der Waals surface area (Å²) in [6.07, 6.45) is 2.25. The van der Waals surface area contributed by atoms with Crippen molar-refractivity contribution < 1.29 is 9.90 Å². The van der Waals surface area contributed by atoms with E-state index in [1.54, 1.807) is 0 Å². The van der Waals surface area contributed by atoms with Crippen molar-refractivity contribution in [1.82, 2.24) is 10.6 Å². The molecule has 0 aromatic heterocycles. The molecule has 1 rings (SSSR count). The summed E-state index contributed by atoms with van der Waals surface area (Å²) in [5, 5.41) is 15.5. The predicted molar refractivity (Wildman–Crippen MR) is 73.3 cm³/mol. The Kier molecular flexibility index (Phi) is 5.17. The second-order valence-electron chi connectivity index (χ2n) is 6.77. The molecule has 1 amide bonds. The van der Waals surface area contributed by atoms with Crippen molar-refractivity contribution in [2.75, 3.05) is 26.2 Å². The van der Waals surface area contributed by atoms with Crippen molar-refractivity contribution in [3.05, 3.63) is 0 Å². The fraction of sp³-hybridized carbons (Fsp3) is 0.929. The highest BCUT2D eigenvalue weighted by Gasteiger charge is 2.37. The highest BCUT2D eigenvalue weighted by atomic mass is 16.3. The van der Waals surface area contributed by atoms with E-state index in [1.807, 2.05) is 27.7 Å². The maximum atomic E-state index is 12.3. The molecule has 18 heavy (non-hydrogen) atoms. The van der Waals surface area contributed by atoms with Crippen LogP contribution in [0.5, 0.6) is 0 Å². The number of piperidine rings is 1. The second-order valence-corrected chi connectivity index (χ2v) is 6.77. The monoisotopic (exact) mass is 256 g/mol. The molecule has 106 valence electrons. The molecule has 4 nitrogen and oxygen atoms in total. The SMILES string of the molecule is CC(C)(CO)CNC(=O)C(C)(C)C1CCCNC1. The lowest BCUT2D eigenvalue weighted by molar-refractivity contribution is -0.133. The van der Waals surface area contributed by atoms with E-state index in [4.69, 9.17) is 0 Å². The third-order valence-electron chi connectivity index (χ3n) is 4.06. The lowest BCUT2D eigenvalue weighted by Gasteiger charge is -2.36. The van der Waals surface area contributed by atoms with E-state index in [9.17, 15) is 9.90 Å². The highest BCUT2D eigenvalue weighted by molar-refractivity contribution is 5.82. The Morgan fingerprint density at radius 3 is 2.56 bits per heavy atom. The van der Waals surface area contributed by atoms with Gasteiger partial charge in [-0.25, -0.2) is 0 Å². The Balaban J connectivity index is 2.53. The predicted octanol–water partition coefficient (Wildman–Crippen LogP) is 1.15. The van der Waals surface area contributed by atoms with Crippen molar-refractivity contribution in [1.29, 1.82) is 0 Å². The van der Waals surface area contributed by atoms with Gasteiger partial charge in [0.15, 0.2) is 0 Å². The van der Waals surface area contributed by atoms with Crippen molar-refractivity contribution in [3.8, 4) is 0 Å². The molecular formula is C14H28N2O2. The molecule has 0 aromatic carbocycles. The Hall–Kier alpha value is -0.610. The number of hydrogen-bond acceptors (Lipinski definition) is 3. The van der Waals surface area contributed by atoms with Crippen molar-refractivity contribution in [2.45, 2.75) is 40.5 Å². The van der Waals surface area contributed by atoms with Crippen LogP contribution in [0.3, 0.4) is 0 Å². The molecule has 4 heteroatoms. The summed E-state index contributed by atoms with van der Waals surface area (Å²) in [4.78, 5) is 12.3. The van der Waals surface area contributed by atoms with Crippen LogP contribution in [0.25, 0.3) is 0 Å². The molecule has 1 aliphatic rings. The number of carbonyl (C=O) groups excluding carboxylic acids is 1. The molecule has 1 fully saturated rings. The van der Waals surface area contributed by atoms with E-state index < -0.39 is 0 Å². The van der Waals surface area contributed by atoms with Crippen molar-refractivity contribution >= 4 is 5.91 Å². The minimum absolute atomic E-state index is 0.0820.